The SMILES string of the molecule is CC(C)S(=O)(=O)NC(c1ccccc1)C(C)(C)C. The monoisotopic (exact) mass is 269 g/mol. The van der Waals surface area contributed by atoms with Gasteiger partial charge in [-0.05, 0) is 24.8 Å². The Bertz CT molecular complexity index is 472. The fraction of sp³-hybridized carbons (Fsp3) is 0.571. The highest BCUT2D eigenvalue weighted by molar-refractivity contribution is 7.90. The van der Waals surface area contributed by atoms with Crippen LogP contribution in [-0.4, -0.2) is 13.7 Å². The number of benzene rings is 1. The molecule has 0 saturated heterocycles. The molecule has 0 radical (unpaired) electrons. The third-order valence-corrected chi connectivity index (χ3v) is 4.71. The van der Waals surface area contributed by atoms with Crippen molar-refractivity contribution in [3.05, 3.63) is 35.9 Å². The Labute approximate surface area is 111 Å². The van der Waals surface area contributed by atoms with Gasteiger partial charge < -0.3 is 0 Å². The van der Waals surface area contributed by atoms with Crippen molar-refractivity contribution in [2.24, 2.45) is 5.41 Å². The van der Waals surface area contributed by atoms with Gasteiger partial charge in [0.2, 0.25) is 10.0 Å². The van der Waals surface area contributed by atoms with Gasteiger partial charge in [-0.25, -0.2) is 13.1 Å². The van der Waals surface area contributed by atoms with Crippen LogP contribution in [-0.2, 0) is 10.0 Å². The van der Waals surface area contributed by atoms with Crippen LogP contribution in [0.3, 0.4) is 0 Å². The maximum atomic E-state index is 12.0. The van der Waals surface area contributed by atoms with Crippen LogP contribution in [0, 0.1) is 5.41 Å². The van der Waals surface area contributed by atoms with Crippen LogP contribution in [0.25, 0.3) is 0 Å². The highest BCUT2D eigenvalue weighted by Gasteiger charge is 2.31. The Balaban J connectivity index is 3.11. The lowest BCUT2D eigenvalue weighted by Crippen LogP contribution is -2.39. The lowest BCUT2D eigenvalue weighted by Gasteiger charge is -2.32. The van der Waals surface area contributed by atoms with E-state index in [1.807, 2.05) is 51.1 Å². The van der Waals surface area contributed by atoms with E-state index in [-0.39, 0.29) is 11.5 Å². The van der Waals surface area contributed by atoms with E-state index in [1.54, 1.807) is 13.8 Å². The summed E-state index contributed by atoms with van der Waals surface area (Å²) in [6.45, 7) is 9.48. The summed E-state index contributed by atoms with van der Waals surface area (Å²) in [6.07, 6.45) is 0. The Morgan fingerprint density at radius 1 is 1.06 bits per heavy atom. The molecular weight excluding hydrogens is 246 g/mol. The van der Waals surface area contributed by atoms with E-state index in [0.717, 1.165) is 5.56 Å². The van der Waals surface area contributed by atoms with Gasteiger partial charge in [-0.3, -0.25) is 0 Å². The molecular formula is C14H23NO2S. The molecule has 0 spiro atoms. The molecule has 1 N–H and O–H groups in total. The van der Waals surface area contributed by atoms with Gasteiger partial charge in [0.15, 0.2) is 0 Å². The summed E-state index contributed by atoms with van der Waals surface area (Å²) < 4.78 is 26.9. The lowest BCUT2D eigenvalue weighted by atomic mass is 9.83. The zero-order chi connectivity index (χ0) is 14.0. The zero-order valence-electron chi connectivity index (χ0n) is 11.8. The normalized spacial score (nSPS) is 14.8. The van der Waals surface area contributed by atoms with Gasteiger partial charge in [0, 0.05) is 0 Å². The lowest BCUT2D eigenvalue weighted by molar-refractivity contribution is 0.304. The molecule has 0 heterocycles. The molecule has 3 nitrogen and oxygen atoms in total. The fourth-order valence-corrected chi connectivity index (χ4v) is 2.78. The number of hydrogen-bond donors (Lipinski definition) is 1. The highest BCUT2D eigenvalue weighted by atomic mass is 32.2. The second kappa shape index (κ2) is 5.41. The summed E-state index contributed by atoms with van der Waals surface area (Å²) >= 11 is 0. The standard InChI is InChI=1S/C14H23NO2S/c1-11(2)18(16,17)15-13(14(3,4)5)12-9-7-6-8-10-12/h6-11,13,15H,1-5H3. The molecule has 1 unspecified atom stereocenters. The van der Waals surface area contributed by atoms with Crippen molar-refractivity contribution in [1.82, 2.24) is 4.72 Å². The molecule has 1 aromatic carbocycles. The van der Waals surface area contributed by atoms with E-state index in [2.05, 4.69) is 4.72 Å². The first kappa shape index (κ1) is 15.2. The third kappa shape index (κ3) is 3.82. The molecule has 1 aromatic rings. The second-order valence-electron chi connectivity index (χ2n) is 5.92. The van der Waals surface area contributed by atoms with Crippen LogP contribution in [0.15, 0.2) is 30.3 Å². The number of rotatable bonds is 4. The van der Waals surface area contributed by atoms with Crippen LogP contribution in [0.2, 0.25) is 0 Å². The zero-order valence-corrected chi connectivity index (χ0v) is 12.6. The molecule has 0 fully saturated rings. The quantitative estimate of drug-likeness (QED) is 0.913. The van der Waals surface area contributed by atoms with E-state index in [0.29, 0.717) is 0 Å². The fourth-order valence-electron chi connectivity index (χ4n) is 1.69. The summed E-state index contributed by atoms with van der Waals surface area (Å²) in [5.41, 5.74) is 0.817. The summed E-state index contributed by atoms with van der Waals surface area (Å²) in [5.74, 6) is 0. The first-order valence-corrected chi connectivity index (χ1v) is 7.75. The van der Waals surface area contributed by atoms with Crippen molar-refractivity contribution in [3.8, 4) is 0 Å². The molecule has 102 valence electrons. The molecule has 0 saturated carbocycles. The molecule has 1 atom stereocenters. The average Bonchev–Trinajstić information content (AvgIpc) is 2.25. The van der Waals surface area contributed by atoms with E-state index >= 15 is 0 Å². The molecule has 0 aliphatic carbocycles. The number of nitrogens with one attached hydrogen (secondary N) is 1. The summed E-state index contributed by atoms with van der Waals surface area (Å²) in [7, 11) is -3.28. The van der Waals surface area contributed by atoms with Crippen molar-refractivity contribution in [1.29, 1.82) is 0 Å². The van der Waals surface area contributed by atoms with Crippen molar-refractivity contribution < 1.29 is 8.42 Å². The Kier molecular flexibility index (Phi) is 4.56. The van der Waals surface area contributed by atoms with Gasteiger partial charge >= 0.3 is 0 Å². The van der Waals surface area contributed by atoms with E-state index in [4.69, 9.17) is 0 Å². The van der Waals surface area contributed by atoms with E-state index in [1.165, 1.54) is 0 Å². The predicted molar refractivity (Wildman–Crippen MR) is 75.8 cm³/mol. The molecule has 1 rings (SSSR count). The van der Waals surface area contributed by atoms with E-state index < -0.39 is 15.3 Å². The largest absolute Gasteiger partial charge is 0.214 e. The van der Waals surface area contributed by atoms with Crippen molar-refractivity contribution in [2.75, 3.05) is 0 Å². The van der Waals surface area contributed by atoms with Crippen molar-refractivity contribution >= 4 is 10.0 Å². The van der Waals surface area contributed by atoms with Gasteiger partial charge in [-0.1, -0.05) is 51.1 Å². The van der Waals surface area contributed by atoms with Crippen LogP contribution in [0.4, 0.5) is 0 Å². The van der Waals surface area contributed by atoms with Crippen LogP contribution in [0.5, 0.6) is 0 Å². The molecule has 0 aliphatic heterocycles. The van der Waals surface area contributed by atoms with Crippen LogP contribution < -0.4 is 4.72 Å². The van der Waals surface area contributed by atoms with Crippen molar-refractivity contribution in [3.63, 3.8) is 0 Å². The Morgan fingerprint density at radius 3 is 1.94 bits per heavy atom. The van der Waals surface area contributed by atoms with Gasteiger partial charge in [0.1, 0.15) is 0 Å². The molecule has 18 heavy (non-hydrogen) atoms. The minimum Gasteiger partial charge on any atom is -0.212 e. The molecule has 0 amide bonds. The highest BCUT2D eigenvalue weighted by Crippen LogP contribution is 2.33. The maximum absolute atomic E-state index is 12.0. The second-order valence-corrected chi connectivity index (χ2v) is 8.19. The Hall–Kier alpha value is -0.870. The van der Waals surface area contributed by atoms with Crippen molar-refractivity contribution in [2.45, 2.75) is 45.9 Å². The first-order chi connectivity index (χ1) is 8.14. The van der Waals surface area contributed by atoms with Crippen LogP contribution >= 0.6 is 0 Å². The first-order valence-electron chi connectivity index (χ1n) is 6.20. The van der Waals surface area contributed by atoms with Gasteiger partial charge in [-0.15, -0.1) is 0 Å². The predicted octanol–water partition coefficient (Wildman–Crippen LogP) is 3.10. The van der Waals surface area contributed by atoms with Gasteiger partial charge in [0.25, 0.3) is 0 Å². The molecule has 4 heteroatoms. The number of sulfonamides is 1. The summed E-state index contributed by atoms with van der Waals surface area (Å²) in [4.78, 5) is 0. The van der Waals surface area contributed by atoms with Crippen LogP contribution in [0.1, 0.15) is 46.2 Å². The minimum atomic E-state index is -3.28. The third-order valence-electron chi connectivity index (χ3n) is 2.90. The maximum Gasteiger partial charge on any atom is 0.214 e. The topological polar surface area (TPSA) is 46.2 Å². The number of hydrogen-bond acceptors (Lipinski definition) is 2. The van der Waals surface area contributed by atoms with Gasteiger partial charge in [-0.2, -0.15) is 0 Å². The van der Waals surface area contributed by atoms with E-state index in [9.17, 15) is 8.42 Å². The Morgan fingerprint density at radius 2 is 1.56 bits per heavy atom. The smallest absolute Gasteiger partial charge is 0.212 e. The molecule has 0 aliphatic rings. The molecule has 0 aromatic heterocycles. The summed E-state index contributed by atoms with van der Waals surface area (Å²) in [5, 5.41) is -0.425. The summed E-state index contributed by atoms with van der Waals surface area (Å²) in [6, 6.07) is 9.48. The molecule has 0 bridgehead atoms. The van der Waals surface area contributed by atoms with Gasteiger partial charge in [0.05, 0.1) is 11.3 Å². The minimum absolute atomic E-state index is 0.177. The average molecular weight is 269 g/mol.